The summed E-state index contributed by atoms with van der Waals surface area (Å²) in [6.07, 6.45) is 4.81. The average molecular weight is 538 g/mol. The second-order valence-electron chi connectivity index (χ2n) is 10.7. The van der Waals surface area contributed by atoms with Crippen molar-refractivity contribution in [3.8, 4) is 0 Å². The summed E-state index contributed by atoms with van der Waals surface area (Å²) in [5.41, 5.74) is 4.55. The largest absolute Gasteiger partial charge is 0.444 e. The van der Waals surface area contributed by atoms with E-state index in [9.17, 15) is 4.79 Å². The van der Waals surface area contributed by atoms with Crippen LogP contribution >= 0.6 is 22.7 Å². The van der Waals surface area contributed by atoms with Crippen molar-refractivity contribution in [1.82, 2.24) is 20.2 Å². The number of thiazole rings is 1. The minimum Gasteiger partial charge on any atom is -0.444 e. The van der Waals surface area contributed by atoms with Crippen LogP contribution in [0, 0.1) is 0 Å². The fraction of sp³-hybridized carbons (Fsp3) is 0.464. The van der Waals surface area contributed by atoms with Crippen molar-refractivity contribution in [2.75, 3.05) is 25.0 Å². The number of alkyl carbamates (subject to hydrolysis) is 1. The Morgan fingerprint density at radius 3 is 2.92 bits per heavy atom. The van der Waals surface area contributed by atoms with E-state index in [-0.39, 0.29) is 6.09 Å². The Hall–Kier alpha value is -2.75. The van der Waals surface area contributed by atoms with Gasteiger partial charge in [0.05, 0.1) is 21.4 Å². The van der Waals surface area contributed by atoms with Gasteiger partial charge >= 0.3 is 6.09 Å². The summed E-state index contributed by atoms with van der Waals surface area (Å²) in [6, 6.07) is 11.2. The molecule has 1 aromatic carbocycles. The molecule has 0 radical (unpaired) electrons. The number of rotatable bonds is 7. The van der Waals surface area contributed by atoms with Gasteiger partial charge in [0.2, 0.25) is 0 Å². The number of pyridine rings is 1. The zero-order valence-electron chi connectivity index (χ0n) is 21.9. The highest BCUT2D eigenvalue weighted by Gasteiger charge is 2.30. The van der Waals surface area contributed by atoms with Gasteiger partial charge in [-0.2, -0.15) is 0 Å². The first kappa shape index (κ1) is 25.9. The number of benzene rings is 1. The number of amides is 1. The van der Waals surface area contributed by atoms with Crippen LogP contribution in [-0.2, 0) is 4.74 Å². The molecule has 1 amide bonds. The van der Waals surface area contributed by atoms with E-state index in [1.54, 1.807) is 11.3 Å². The van der Waals surface area contributed by atoms with Crippen LogP contribution in [0.25, 0.3) is 20.4 Å². The third-order valence-corrected chi connectivity index (χ3v) is 8.82. The number of nitrogens with zero attached hydrogens (tertiary/aromatic N) is 3. The maximum absolute atomic E-state index is 11.9. The third kappa shape index (κ3) is 6.22. The number of nitrogens with one attached hydrogen (secondary N) is 2. The molecule has 9 heteroatoms. The number of ether oxygens (including phenoxy) is 1. The van der Waals surface area contributed by atoms with Crippen LogP contribution in [0.15, 0.2) is 42.0 Å². The molecule has 2 unspecified atom stereocenters. The van der Waals surface area contributed by atoms with Gasteiger partial charge in [0.1, 0.15) is 10.4 Å². The lowest BCUT2D eigenvalue weighted by Crippen LogP contribution is -2.43. The lowest BCUT2D eigenvalue weighted by atomic mass is 9.88. The van der Waals surface area contributed by atoms with Crippen molar-refractivity contribution in [2.45, 2.75) is 64.5 Å². The molecule has 0 saturated carbocycles. The summed E-state index contributed by atoms with van der Waals surface area (Å²) < 4.78 is 6.54. The third-order valence-electron chi connectivity index (χ3n) is 6.84. The summed E-state index contributed by atoms with van der Waals surface area (Å²) in [7, 11) is 0. The number of anilines is 2. The van der Waals surface area contributed by atoms with Crippen molar-refractivity contribution in [1.29, 1.82) is 0 Å². The predicted octanol–water partition coefficient (Wildman–Crippen LogP) is 7.13. The number of hydrogen-bond acceptors (Lipinski definition) is 8. The molecule has 1 saturated heterocycles. The van der Waals surface area contributed by atoms with E-state index in [1.807, 2.05) is 43.8 Å². The molecule has 4 aromatic rings. The monoisotopic (exact) mass is 537 g/mol. The minimum atomic E-state index is -0.470. The average Bonchev–Trinajstić information content (AvgIpc) is 3.49. The van der Waals surface area contributed by atoms with Crippen molar-refractivity contribution in [3.05, 3.63) is 46.9 Å². The van der Waals surface area contributed by atoms with Crippen LogP contribution in [0.3, 0.4) is 0 Å². The van der Waals surface area contributed by atoms with Gasteiger partial charge in [-0.15, -0.1) is 22.7 Å². The number of thiophene rings is 1. The van der Waals surface area contributed by atoms with Gasteiger partial charge in [-0.1, -0.05) is 0 Å². The van der Waals surface area contributed by atoms with Crippen LogP contribution in [0.1, 0.15) is 57.8 Å². The van der Waals surface area contributed by atoms with E-state index in [0.717, 1.165) is 41.2 Å². The van der Waals surface area contributed by atoms with E-state index in [4.69, 9.17) is 4.74 Å². The van der Waals surface area contributed by atoms with Gasteiger partial charge in [-0.25, -0.2) is 14.8 Å². The normalized spacial score (nSPS) is 18.8. The Bertz CT molecular complexity index is 1380. The Kier molecular flexibility index (Phi) is 7.65. The highest BCUT2D eigenvalue weighted by atomic mass is 32.1. The molecule has 7 nitrogen and oxygen atoms in total. The highest BCUT2D eigenvalue weighted by Crippen LogP contribution is 2.40. The molecule has 0 aliphatic carbocycles. The Morgan fingerprint density at radius 2 is 2.08 bits per heavy atom. The van der Waals surface area contributed by atoms with Crippen LogP contribution in [0.2, 0.25) is 0 Å². The van der Waals surface area contributed by atoms with E-state index >= 15 is 0 Å². The van der Waals surface area contributed by atoms with Crippen LogP contribution in [0.4, 0.5) is 16.2 Å². The number of carbonyl (C=O) groups excluding carboxylic acids is 1. The standard InChI is InChI=1S/C28H35N5O2S2/c1-18-20(7-5-13-33(18)14-6-11-30-27(34)35-28(2,3)4)25-16-21-22(10-12-29-26(21)37-25)32-19-8-9-24-23(15-19)31-17-36-24/h8-10,12,15-18,20H,5-7,11,13-14H2,1-4H3,(H,29,32)(H,30,34). The first-order valence-electron chi connectivity index (χ1n) is 13.0. The molecular weight excluding hydrogens is 502 g/mol. The van der Waals surface area contributed by atoms with Crippen molar-refractivity contribution in [3.63, 3.8) is 0 Å². The maximum atomic E-state index is 11.9. The van der Waals surface area contributed by atoms with Gasteiger partial charge in [0, 0.05) is 47.2 Å². The molecule has 5 rings (SSSR count). The second-order valence-corrected chi connectivity index (χ2v) is 12.6. The molecule has 4 heterocycles. The summed E-state index contributed by atoms with van der Waals surface area (Å²) in [5.74, 6) is 0.478. The van der Waals surface area contributed by atoms with E-state index in [2.05, 4.69) is 62.8 Å². The van der Waals surface area contributed by atoms with Crippen molar-refractivity contribution in [2.24, 2.45) is 0 Å². The Labute approximate surface area is 226 Å². The van der Waals surface area contributed by atoms with E-state index < -0.39 is 5.60 Å². The molecule has 0 bridgehead atoms. The molecule has 196 valence electrons. The summed E-state index contributed by atoms with van der Waals surface area (Å²) in [5, 5.41) is 7.66. The molecule has 2 N–H and O–H groups in total. The zero-order chi connectivity index (χ0) is 26.0. The summed E-state index contributed by atoms with van der Waals surface area (Å²) in [6.45, 7) is 10.7. The lowest BCUT2D eigenvalue weighted by Gasteiger charge is -2.39. The minimum absolute atomic E-state index is 0.342. The topological polar surface area (TPSA) is 79.4 Å². The van der Waals surface area contributed by atoms with Crippen molar-refractivity contribution < 1.29 is 9.53 Å². The summed E-state index contributed by atoms with van der Waals surface area (Å²) >= 11 is 3.47. The number of piperidine rings is 1. The molecule has 0 spiro atoms. The lowest BCUT2D eigenvalue weighted by molar-refractivity contribution is 0.0523. The SMILES string of the molecule is CC1C(c2cc3c(Nc4ccc5scnc5c4)ccnc3s2)CCCN1CCCNC(=O)OC(C)(C)C. The molecule has 3 aromatic heterocycles. The molecule has 37 heavy (non-hydrogen) atoms. The van der Waals surface area contributed by atoms with Crippen LogP contribution in [0.5, 0.6) is 0 Å². The number of likely N-dealkylation sites (tertiary alicyclic amines) is 1. The smallest absolute Gasteiger partial charge is 0.407 e. The fourth-order valence-corrected chi connectivity index (χ4v) is 6.95. The first-order chi connectivity index (χ1) is 17.8. The number of fused-ring (bicyclic) bond motifs is 2. The van der Waals surface area contributed by atoms with Gasteiger partial charge < -0.3 is 15.4 Å². The van der Waals surface area contributed by atoms with Gasteiger partial charge in [0.25, 0.3) is 0 Å². The molecular formula is C28H35N5O2S2. The van der Waals surface area contributed by atoms with Gasteiger partial charge in [-0.3, -0.25) is 4.90 Å². The van der Waals surface area contributed by atoms with Gasteiger partial charge in [-0.05, 0) is 83.8 Å². The summed E-state index contributed by atoms with van der Waals surface area (Å²) in [4.78, 5) is 26.1. The highest BCUT2D eigenvalue weighted by molar-refractivity contribution is 7.18. The molecule has 1 fully saturated rings. The first-order valence-corrected chi connectivity index (χ1v) is 14.7. The number of hydrogen-bond donors (Lipinski definition) is 2. The predicted molar refractivity (Wildman–Crippen MR) is 154 cm³/mol. The molecule has 1 aliphatic heterocycles. The Balaban J connectivity index is 1.24. The molecule has 2 atom stereocenters. The van der Waals surface area contributed by atoms with E-state index in [0.29, 0.717) is 18.5 Å². The zero-order valence-corrected chi connectivity index (χ0v) is 23.5. The fourth-order valence-electron chi connectivity index (χ4n) is 5.04. The van der Waals surface area contributed by atoms with Crippen LogP contribution in [-0.4, -0.2) is 52.2 Å². The number of carbonyl (C=O) groups is 1. The van der Waals surface area contributed by atoms with Gasteiger partial charge in [0.15, 0.2) is 0 Å². The van der Waals surface area contributed by atoms with Crippen LogP contribution < -0.4 is 10.6 Å². The maximum Gasteiger partial charge on any atom is 0.407 e. The van der Waals surface area contributed by atoms with E-state index in [1.165, 1.54) is 27.8 Å². The quantitative estimate of drug-likeness (QED) is 0.244. The Morgan fingerprint density at radius 1 is 1.22 bits per heavy atom. The number of aromatic nitrogens is 2. The second kappa shape index (κ2) is 10.9. The molecule has 1 aliphatic rings. The van der Waals surface area contributed by atoms with Crippen molar-refractivity contribution >= 4 is 60.6 Å².